The first-order chi connectivity index (χ1) is 15.1. The third-order valence-electron chi connectivity index (χ3n) is 5.08. The monoisotopic (exact) mass is 414 g/mol. The first-order valence-electron chi connectivity index (χ1n) is 9.97. The molecule has 0 spiro atoms. The predicted octanol–water partition coefficient (Wildman–Crippen LogP) is 4.56. The number of nitrogens with zero attached hydrogens (tertiary/aromatic N) is 5. The number of hydrogen-bond acceptors (Lipinski definition) is 5. The zero-order valence-electron chi connectivity index (χ0n) is 17.2. The molecule has 0 saturated heterocycles. The van der Waals surface area contributed by atoms with Crippen molar-refractivity contribution in [3.05, 3.63) is 97.4 Å². The average molecular weight is 414 g/mol. The van der Waals surface area contributed by atoms with Gasteiger partial charge in [0, 0.05) is 36.9 Å². The lowest BCUT2D eigenvalue weighted by Gasteiger charge is -2.21. The van der Waals surface area contributed by atoms with Crippen molar-refractivity contribution >= 4 is 16.7 Å². The lowest BCUT2D eigenvalue weighted by atomic mass is 10.0. The van der Waals surface area contributed by atoms with Crippen LogP contribution in [-0.2, 0) is 13.1 Å². The van der Waals surface area contributed by atoms with Crippen LogP contribution in [0.5, 0.6) is 0 Å². The van der Waals surface area contributed by atoms with E-state index in [-0.39, 0.29) is 5.82 Å². The maximum atomic E-state index is 14.3. The summed E-state index contributed by atoms with van der Waals surface area (Å²) in [7, 11) is 0. The number of fused-ring (bicyclic) bond motifs is 1. The molecular weight excluding hydrogens is 391 g/mol. The van der Waals surface area contributed by atoms with Crippen LogP contribution >= 0.6 is 0 Å². The first kappa shape index (κ1) is 20.3. The predicted molar refractivity (Wildman–Crippen MR) is 121 cm³/mol. The van der Waals surface area contributed by atoms with Crippen molar-refractivity contribution in [2.45, 2.75) is 20.0 Å². The summed E-state index contributed by atoms with van der Waals surface area (Å²) in [5, 5.41) is 0. The van der Waals surface area contributed by atoms with Crippen LogP contribution in [0, 0.1) is 5.82 Å². The molecule has 2 N–H and O–H groups in total. The van der Waals surface area contributed by atoms with E-state index >= 15 is 0 Å². The number of halogens is 1. The molecule has 0 atom stereocenters. The Hall–Kier alpha value is -4.00. The van der Waals surface area contributed by atoms with Gasteiger partial charge in [0.15, 0.2) is 5.82 Å². The highest BCUT2D eigenvalue weighted by Gasteiger charge is 2.17. The van der Waals surface area contributed by atoms with Gasteiger partial charge in [-0.05, 0) is 36.8 Å². The number of aromatic nitrogens is 4. The third-order valence-corrected chi connectivity index (χ3v) is 5.08. The Morgan fingerprint density at radius 3 is 2.65 bits per heavy atom. The summed E-state index contributed by atoms with van der Waals surface area (Å²) in [6.45, 7) is 7.32. The van der Waals surface area contributed by atoms with Crippen molar-refractivity contribution in [3.8, 4) is 11.1 Å². The van der Waals surface area contributed by atoms with Crippen molar-refractivity contribution in [1.29, 1.82) is 0 Å². The van der Waals surface area contributed by atoms with Crippen LogP contribution in [-0.4, -0.2) is 24.4 Å². The van der Waals surface area contributed by atoms with E-state index in [9.17, 15) is 4.39 Å². The standard InChI is InChI=1S/C24H23FN6/c1-3-31-22-15-18(19-7-4-5-8-20(19)25)9-10-21(22)29-23(31)16-30(14-11-26)17(2)24-27-12-6-13-28-24/h4-15H,2-3,16,26H2,1H3/b14-11-. The Bertz CT molecular complexity index is 1250. The highest BCUT2D eigenvalue weighted by Crippen LogP contribution is 2.28. The highest BCUT2D eigenvalue weighted by atomic mass is 19.1. The average Bonchev–Trinajstić information content (AvgIpc) is 3.15. The maximum absolute atomic E-state index is 14.3. The van der Waals surface area contributed by atoms with Gasteiger partial charge in [0.25, 0.3) is 0 Å². The number of nitrogens with two attached hydrogens (primary N) is 1. The molecule has 0 radical (unpaired) electrons. The van der Waals surface area contributed by atoms with Crippen molar-refractivity contribution in [1.82, 2.24) is 24.4 Å². The van der Waals surface area contributed by atoms with E-state index in [0.29, 0.717) is 30.2 Å². The fourth-order valence-corrected chi connectivity index (χ4v) is 3.58. The molecule has 6 nitrogen and oxygen atoms in total. The second kappa shape index (κ2) is 8.79. The van der Waals surface area contributed by atoms with E-state index in [1.165, 1.54) is 12.3 Å². The summed E-state index contributed by atoms with van der Waals surface area (Å²) >= 11 is 0. The molecule has 2 heterocycles. The maximum Gasteiger partial charge on any atom is 0.175 e. The van der Waals surface area contributed by atoms with Gasteiger partial charge in [-0.2, -0.15) is 0 Å². The Morgan fingerprint density at radius 2 is 1.94 bits per heavy atom. The van der Waals surface area contributed by atoms with Crippen LogP contribution in [0.2, 0.25) is 0 Å². The van der Waals surface area contributed by atoms with Gasteiger partial charge in [-0.3, -0.25) is 0 Å². The second-order valence-corrected chi connectivity index (χ2v) is 6.94. The SMILES string of the molecule is C=C(c1ncccn1)N(/C=C\N)Cc1nc2ccc(-c3ccccc3F)cc2n1CC. The minimum atomic E-state index is -0.247. The summed E-state index contributed by atoms with van der Waals surface area (Å²) in [6.07, 6.45) is 6.51. The molecule has 7 heteroatoms. The number of hydrogen-bond donors (Lipinski definition) is 1. The summed E-state index contributed by atoms with van der Waals surface area (Å²) in [5.74, 6) is 1.10. The molecule has 0 unspecified atom stereocenters. The van der Waals surface area contributed by atoms with Gasteiger partial charge < -0.3 is 15.2 Å². The van der Waals surface area contributed by atoms with Crippen molar-refractivity contribution in [2.75, 3.05) is 0 Å². The van der Waals surface area contributed by atoms with Crippen LogP contribution in [0.3, 0.4) is 0 Å². The fourth-order valence-electron chi connectivity index (χ4n) is 3.58. The van der Waals surface area contributed by atoms with E-state index in [1.807, 2.05) is 29.2 Å². The minimum Gasteiger partial charge on any atom is -0.403 e. The van der Waals surface area contributed by atoms with Gasteiger partial charge in [-0.15, -0.1) is 0 Å². The number of benzene rings is 2. The molecule has 2 aromatic heterocycles. The van der Waals surface area contributed by atoms with Gasteiger partial charge >= 0.3 is 0 Å². The summed E-state index contributed by atoms with van der Waals surface area (Å²) in [4.78, 5) is 15.2. The van der Waals surface area contributed by atoms with E-state index in [4.69, 9.17) is 10.7 Å². The Balaban J connectivity index is 1.73. The number of imidazole rings is 1. The van der Waals surface area contributed by atoms with Crippen molar-refractivity contribution in [3.63, 3.8) is 0 Å². The van der Waals surface area contributed by atoms with Gasteiger partial charge in [-0.1, -0.05) is 30.8 Å². The zero-order valence-corrected chi connectivity index (χ0v) is 17.2. The van der Waals surface area contributed by atoms with Crippen molar-refractivity contribution in [2.24, 2.45) is 5.73 Å². The Labute approximate surface area is 180 Å². The fraction of sp³-hybridized carbons (Fsp3) is 0.125. The number of aryl methyl sites for hydroxylation is 1. The Kier molecular flexibility index (Phi) is 5.75. The molecular formula is C24H23FN6. The lowest BCUT2D eigenvalue weighted by molar-refractivity contribution is 0.487. The quantitative estimate of drug-likeness (QED) is 0.480. The smallest absolute Gasteiger partial charge is 0.175 e. The molecule has 0 fully saturated rings. The third kappa shape index (κ3) is 4.02. The molecule has 2 aromatic carbocycles. The van der Waals surface area contributed by atoms with Gasteiger partial charge in [0.05, 0.1) is 23.3 Å². The molecule has 4 aromatic rings. The lowest BCUT2D eigenvalue weighted by Crippen LogP contribution is -2.19. The van der Waals surface area contributed by atoms with Crippen LogP contribution in [0.15, 0.2) is 79.9 Å². The largest absolute Gasteiger partial charge is 0.403 e. The molecule has 0 aliphatic heterocycles. The van der Waals surface area contributed by atoms with Crippen molar-refractivity contribution < 1.29 is 4.39 Å². The van der Waals surface area contributed by atoms with Crippen LogP contribution in [0.4, 0.5) is 4.39 Å². The molecule has 0 aliphatic carbocycles. The first-order valence-corrected chi connectivity index (χ1v) is 9.97. The highest BCUT2D eigenvalue weighted by molar-refractivity contribution is 5.83. The topological polar surface area (TPSA) is 72.9 Å². The number of rotatable bonds is 7. The van der Waals surface area contributed by atoms with E-state index in [1.54, 1.807) is 36.8 Å². The molecule has 4 rings (SSSR count). The summed E-state index contributed by atoms with van der Waals surface area (Å²) in [5.41, 5.74) is 9.45. The van der Waals surface area contributed by atoms with Gasteiger partial charge in [0.1, 0.15) is 11.6 Å². The zero-order chi connectivity index (χ0) is 21.8. The molecule has 156 valence electrons. The van der Waals surface area contributed by atoms with E-state index < -0.39 is 0 Å². The second-order valence-electron chi connectivity index (χ2n) is 6.94. The van der Waals surface area contributed by atoms with Crippen LogP contribution in [0.1, 0.15) is 18.6 Å². The summed E-state index contributed by atoms with van der Waals surface area (Å²) < 4.78 is 16.4. The van der Waals surface area contributed by atoms with Gasteiger partial charge in [0.2, 0.25) is 0 Å². The van der Waals surface area contributed by atoms with Crippen LogP contribution < -0.4 is 5.73 Å². The van der Waals surface area contributed by atoms with E-state index in [2.05, 4.69) is 28.0 Å². The molecule has 0 saturated carbocycles. The van der Waals surface area contributed by atoms with E-state index in [0.717, 1.165) is 22.4 Å². The molecule has 0 bridgehead atoms. The molecule has 0 amide bonds. The normalized spacial score (nSPS) is 11.3. The Morgan fingerprint density at radius 1 is 1.16 bits per heavy atom. The van der Waals surface area contributed by atoms with Gasteiger partial charge in [-0.25, -0.2) is 19.3 Å². The van der Waals surface area contributed by atoms with Crippen LogP contribution in [0.25, 0.3) is 27.9 Å². The minimum absolute atomic E-state index is 0.247. The molecule has 0 aliphatic rings. The molecule has 31 heavy (non-hydrogen) atoms. The summed E-state index contributed by atoms with van der Waals surface area (Å²) in [6, 6.07) is 14.3.